The molecule has 0 heterocycles. The van der Waals surface area contributed by atoms with Crippen LogP contribution in [-0.2, 0) is 27.9 Å². The topological polar surface area (TPSA) is 91.3 Å². The van der Waals surface area contributed by atoms with Gasteiger partial charge in [-0.25, -0.2) is 4.57 Å². The van der Waals surface area contributed by atoms with Crippen LogP contribution in [0.5, 0.6) is 0 Å². The first kappa shape index (κ1) is 58.7. The van der Waals surface area contributed by atoms with Crippen molar-refractivity contribution in [1.82, 2.24) is 0 Å². The Kier molecular flexibility index (Phi) is 43.4. The molecule has 0 fully saturated rings. The molecule has 8 nitrogen and oxygen atoms in total. The van der Waals surface area contributed by atoms with Crippen LogP contribution >= 0.6 is 7.82 Å². The first-order chi connectivity index (χ1) is 29.1. The van der Waals surface area contributed by atoms with Crippen molar-refractivity contribution in [2.24, 2.45) is 0 Å². The number of phosphoric acid groups is 1. The molecular weight excluding hydrogens is 770 g/mol. The van der Waals surface area contributed by atoms with Crippen LogP contribution in [-0.4, -0.2) is 75.6 Å². The summed E-state index contributed by atoms with van der Waals surface area (Å²) >= 11 is 0. The minimum absolute atomic E-state index is 0.0875. The maximum atomic E-state index is 12.7. The van der Waals surface area contributed by atoms with Crippen LogP contribution in [0.3, 0.4) is 0 Å². The molecule has 0 aliphatic rings. The molecular formula is C51H99NO7P+. The third kappa shape index (κ3) is 47.8. The number of esters is 1. The van der Waals surface area contributed by atoms with Gasteiger partial charge in [0.1, 0.15) is 19.3 Å². The van der Waals surface area contributed by atoms with Gasteiger partial charge in [-0.05, 0) is 44.9 Å². The van der Waals surface area contributed by atoms with Crippen molar-refractivity contribution in [3.8, 4) is 0 Å². The lowest BCUT2D eigenvalue weighted by Crippen LogP contribution is -2.37. The standard InChI is InChI=1S/C51H98NO7P/c1-6-8-10-12-14-16-18-20-22-24-25-26-27-29-31-33-35-37-39-41-43-46-56-48-50(49-58-60(54,55)57-47-45-52(3,4)5)59-51(53)44-42-40-38-36-34-32-30-28-23-21-19-17-15-13-11-9-7-2/h9,11,15,17,21,23,50H,6-8,10,12-14,16,18-20,22,24-49H2,1-5H3/p+1/b11-9-,17-15-,23-21-. The van der Waals surface area contributed by atoms with Gasteiger partial charge in [0.15, 0.2) is 0 Å². The largest absolute Gasteiger partial charge is 0.472 e. The van der Waals surface area contributed by atoms with Crippen LogP contribution in [0.15, 0.2) is 36.5 Å². The van der Waals surface area contributed by atoms with E-state index in [4.69, 9.17) is 18.5 Å². The Hall–Kier alpha value is -1.28. The molecule has 0 saturated carbocycles. The molecule has 2 atom stereocenters. The van der Waals surface area contributed by atoms with Crippen LogP contribution in [0.1, 0.15) is 226 Å². The zero-order chi connectivity index (χ0) is 44.1. The zero-order valence-corrected chi connectivity index (χ0v) is 41.1. The molecule has 9 heteroatoms. The fourth-order valence-corrected chi connectivity index (χ4v) is 7.84. The lowest BCUT2D eigenvalue weighted by molar-refractivity contribution is -0.870. The van der Waals surface area contributed by atoms with Gasteiger partial charge in [0.25, 0.3) is 0 Å². The predicted molar refractivity (Wildman–Crippen MR) is 256 cm³/mol. The number of carbonyl (C=O) groups excluding carboxylic acids is 1. The van der Waals surface area contributed by atoms with Gasteiger partial charge in [0, 0.05) is 13.0 Å². The molecule has 0 aliphatic heterocycles. The zero-order valence-electron chi connectivity index (χ0n) is 40.2. The number of phosphoric ester groups is 1. The van der Waals surface area contributed by atoms with Crippen molar-refractivity contribution in [1.29, 1.82) is 0 Å². The number of carbonyl (C=O) groups is 1. The molecule has 1 N–H and O–H groups in total. The lowest BCUT2D eigenvalue weighted by Gasteiger charge is -2.24. The Bertz CT molecular complexity index is 1060. The summed E-state index contributed by atoms with van der Waals surface area (Å²) in [5, 5.41) is 0. The fourth-order valence-electron chi connectivity index (χ4n) is 7.10. The van der Waals surface area contributed by atoms with Gasteiger partial charge < -0.3 is 18.9 Å². The lowest BCUT2D eigenvalue weighted by atomic mass is 10.0. The van der Waals surface area contributed by atoms with Crippen molar-refractivity contribution in [3.05, 3.63) is 36.5 Å². The first-order valence-corrected chi connectivity index (χ1v) is 26.7. The van der Waals surface area contributed by atoms with Gasteiger partial charge in [-0.15, -0.1) is 0 Å². The molecule has 0 aromatic rings. The maximum Gasteiger partial charge on any atom is 0.472 e. The van der Waals surface area contributed by atoms with Crippen molar-refractivity contribution in [2.75, 3.05) is 54.1 Å². The number of unbranched alkanes of at least 4 members (excludes halogenated alkanes) is 27. The van der Waals surface area contributed by atoms with E-state index in [2.05, 4.69) is 50.3 Å². The quantitative estimate of drug-likeness (QED) is 0.0214. The monoisotopic (exact) mass is 869 g/mol. The molecule has 60 heavy (non-hydrogen) atoms. The van der Waals surface area contributed by atoms with E-state index >= 15 is 0 Å². The second kappa shape index (κ2) is 44.3. The highest BCUT2D eigenvalue weighted by Gasteiger charge is 2.26. The normalized spacial score (nSPS) is 13.9. The average Bonchev–Trinajstić information content (AvgIpc) is 3.20. The van der Waals surface area contributed by atoms with Crippen LogP contribution in [0.25, 0.3) is 0 Å². The van der Waals surface area contributed by atoms with Crippen molar-refractivity contribution in [3.63, 3.8) is 0 Å². The molecule has 0 aromatic carbocycles. The summed E-state index contributed by atoms with van der Waals surface area (Å²) in [6.07, 6.45) is 53.3. The van der Waals surface area contributed by atoms with Gasteiger partial charge in [0.2, 0.25) is 0 Å². The van der Waals surface area contributed by atoms with E-state index in [1.165, 1.54) is 148 Å². The second-order valence-corrected chi connectivity index (χ2v) is 19.6. The summed E-state index contributed by atoms with van der Waals surface area (Å²) in [4.78, 5) is 23.0. The van der Waals surface area contributed by atoms with Gasteiger partial charge in [-0.1, -0.05) is 211 Å². The molecule has 0 aromatic heterocycles. The highest BCUT2D eigenvalue weighted by Crippen LogP contribution is 2.43. The molecule has 354 valence electrons. The molecule has 0 bridgehead atoms. The Morgan fingerprint density at radius 1 is 0.533 bits per heavy atom. The van der Waals surface area contributed by atoms with Crippen LogP contribution < -0.4 is 0 Å². The summed E-state index contributed by atoms with van der Waals surface area (Å²) in [6, 6.07) is 0. The minimum atomic E-state index is -4.28. The Morgan fingerprint density at radius 2 is 0.967 bits per heavy atom. The fraction of sp³-hybridized carbons (Fsp3) is 0.863. The highest BCUT2D eigenvalue weighted by molar-refractivity contribution is 7.47. The summed E-state index contributed by atoms with van der Waals surface area (Å²) in [5.41, 5.74) is 0. The summed E-state index contributed by atoms with van der Waals surface area (Å²) in [6.45, 7) is 5.54. The second-order valence-electron chi connectivity index (χ2n) is 18.2. The first-order valence-electron chi connectivity index (χ1n) is 25.2. The van der Waals surface area contributed by atoms with E-state index in [0.717, 1.165) is 57.8 Å². The SMILES string of the molecule is CC/C=C\C/C=C\C/C=C\CCCCCCCCCC(=O)OC(COCCCCCCCCCCCCCCCCCCCCCCC)COP(=O)(O)OCC[N+](C)(C)C. The maximum absolute atomic E-state index is 12.7. The third-order valence-electron chi connectivity index (χ3n) is 11.0. The number of rotatable bonds is 47. The number of allylic oxidation sites excluding steroid dienone is 6. The number of nitrogens with zero attached hydrogens (tertiary/aromatic N) is 1. The number of hydrogen-bond donors (Lipinski definition) is 1. The van der Waals surface area contributed by atoms with E-state index < -0.39 is 13.9 Å². The van der Waals surface area contributed by atoms with Crippen molar-refractivity contribution < 1.29 is 37.3 Å². The Labute approximate surface area is 372 Å². The van der Waals surface area contributed by atoms with Gasteiger partial charge in [-0.3, -0.25) is 13.8 Å². The van der Waals surface area contributed by atoms with Gasteiger partial charge in [0.05, 0.1) is 34.4 Å². The molecule has 0 spiro atoms. The number of quaternary nitrogens is 1. The predicted octanol–water partition coefficient (Wildman–Crippen LogP) is 15.3. The van der Waals surface area contributed by atoms with Crippen LogP contribution in [0, 0.1) is 0 Å². The van der Waals surface area contributed by atoms with Gasteiger partial charge >= 0.3 is 13.8 Å². The minimum Gasteiger partial charge on any atom is -0.457 e. The molecule has 0 radical (unpaired) electrons. The summed E-state index contributed by atoms with van der Waals surface area (Å²) in [5.74, 6) is -0.320. The average molecular weight is 869 g/mol. The van der Waals surface area contributed by atoms with E-state index in [9.17, 15) is 14.3 Å². The van der Waals surface area contributed by atoms with E-state index in [1.807, 2.05) is 21.1 Å². The van der Waals surface area contributed by atoms with Crippen LogP contribution in [0.2, 0.25) is 0 Å². The number of ether oxygens (including phenoxy) is 2. The summed E-state index contributed by atoms with van der Waals surface area (Å²) in [7, 11) is 1.67. The van der Waals surface area contributed by atoms with Gasteiger partial charge in [-0.2, -0.15) is 0 Å². The van der Waals surface area contributed by atoms with E-state index in [1.54, 1.807) is 0 Å². The number of likely N-dealkylation sites (N-methyl/N-ethyl adjacent to an activating group) is 1. The Morgan fingerprint density at radius 3 is 1.45 bits per heavy atom. The third-order valence-corrected chi connectivity index (χ3v) is 12.0. The molecule has 2 unspecified atom stereocenters. The summed E-state index contributed by atoms with van der Waals surface area (Å²) < 4.78 is 35.1. The van der Waals surface area contributed by atoms with Crippen molar-refractivity contribution >= 4 is 13.8 Å². The highest BCUT2D eigenvalue weighted by atomic mass is 31.2. The van der Waals surface area contributed by atoms with E-state index in [0.29, 0.717) is 24.1 Å². The smallest absolute Gasteiger partial charge is 0.457 e. The molecule has 0 rings (SSSR count). The van der Waals surface area contributed by atoms with E-state index in [-0.39, 0.29) is 25.8 Å². The number of hydrogen-bond acceptors (Lipinski definition) is 6. The Balaban J connectivity index is 4.12. The molecule has 0 saturated heterocycles. The van der Waals surface area contributed by atoms with Crippen molar-refractivity contribution in [2.45, 2.75) is 232 Å². The van der Waals surface area contributed by atoms with Crippen LogP contribution in [0.4, 0.5) is 0 Å². The molecule has 0 amide bonds. The molecule has 0 aliphatic carbocycles.